The molecule has 5 nitrogen and oxygen atoms in total. The molecule has 0 N–H and O–H groups in total. The Balaban J connectivity index is 3.22. The van der Waals surface area contributed by atoms with E-state index in [0.29, 0.717) is 12.0 Å². The molecule has 1 aromatic carbocycles. The van der Waals surface area contributed by atoms with E-state index in [0.717, 1.165) is 0 Å². The lowest BCUT2D eigenvalue weighted by molar-refractivity contribution is -0.160. The SMILES string of the molecule is COC(=O)[C@H](O[Si](C)(C)C(C)(C)C)[C@@H](OC=O)c1ccccc1. The van der Waals surface area contributed by atoms with Gasteiger partial charge in [-0.2, -0.15) is 0 Å². The highest BCUT2D eigenvalue weighted by atomic mass is 28.4. The number of benzene rings is 1. The maximum Gasteiger partial charge on any atom is 0.338 e. The van der Waals surface area contributed by atoms with Gasteiger partial charge in [-0.3, -0.25) is 4.79 Å². The Hall–Kier alpha value is -1.66. The molecule has 0 aliphatic heterocycles. The van der Waals surface area contributed by atoms with E-state index < -0.39 is 26.5 Å². The topological polar surface area (TPSA) is 61.8 Å². The molecular weight excluding hydrogens is 312 g/mol. The summed E-state index contributed by atoms with van der Waals surface area (Å²) in [5.41, 5.74) is 0.689. The monoisotopic (exact) mass is 338 g/mol. The van der Waals surface area contributed by atoms with Crippen LogP contribution in [0.4, 0.5) is 0 Å². The van der Waals surface area contributed by atoms with Crippen molar-refractivity contribution in [1.29, 1.82) is 0 Å². The van der Waals surface area contributed by atoms with Gasteiger partial charge in [0, 0.05) is 0 Å². The normalized spacial score (nSPS) is 14.7. The summed E-state index contributed by atoms with van der Waals surface area (Å²) in [5.74, 6) is -0.550. The maximum atomic E-state index is 12.3. The summed E-state index contributed by atoms with van der Waals surface area (Å²) in [6, 6.07) is 9.07. The zero-order valence-corrected chi connectivity index (χ0v) is 15.7. The van der Waals surface area contributed by atoms with Crippen LogP contribution in [-0.4, -0.2) is 34.0 Å². The highest BCUT2D eigenvalue weighted by molar-refractivity contribution is 6.74. The molecule has 128 valence electrons. The fourth-order valence-corrected chi connectivity index (χ4v) is 3.08. The molecule has 0 aliphatic rings. The van der Waals surface area contributed by atoms with E-state index in [1.165, 1.54) is 7.11 Å². The van der Waals surface area contributed by atoms with Crippen LogP contribution in [0.25, 0.3) is 0 Å². The molecule has 0 spiro atoms. The number of carbonyl (C=O) groups excluding carboxylic acids is 2. The van der Waals surface area contributed by atoms with Gasteiger partial charge in [-0.25, -0.2) is 4.79 Å². The van der Waals surface area contributed by atoms with Crippen molar-refractivity contribution in [2.75, 3.05) is 7.11 Å². The van der Waals surface area contributed by atoms with Crippen LogP contribution < -0.4 is 0 Å². The van der Waals surface area contributed by atoms with Crippen molar-refractivity contribution in [3.05, 3.63) is 35.9 Å². The smallest absolute Gasteiger partial charge is 0.338 e. The summed E-state index contributed by atoms with van der Waals surface area (Å²) in [6.07, 6.45) is -1.83. The first kappa shape index (κ1) is 19.4. The van der Waals surface area contributed by atoms with Gasteiger partial charge in [0.25, 0.3) is 6.47 Å². The van der Waals surface area contributed by atoms with E-state index >= 15 is 0 Å². The lowest BCUT2D eigenvalue weighted by atomic mass is 10.0. The van der Waals surface area contributed by atoms with Crippen LogP contribution in [0.15, 0.2) is 30.3 Å². The van der Waals surface area contributed by atoms with Gasteiger partial charge in [0.05, 0.1) is 7.11 Å². The minimum atomic E-state index is -2.27. The van der Waals surface area contributed by atoms with E-state index in [-0.39, 0.29) is 5.04 Å². The third kappa shape index (κ3) is 4.91. The average Bonchev–Trinajstić information content (AvgIpc) is 2.49. The second-order valence-electron chi connectivity index (χ2n) is 6.89. The Labute approximate surface area is 139 Å². The van der Waals surface area contributed by atoms with Crippen molar-refractivity contribution in [3.63, 3.8) is 0 Å². The fraction of sp³-hybridized carbons (Fsp3) is 0.529. The zero-order valence-electron chi connectivity index (χ0n) is 14.7. The molecular formula is C17H26O5Si. The molecule has 2 atom stereocenters. The Bertz CT molecular complexity index is 522. The first-order valence-electron chi connectivity index (χ1n) is 7.53. The standard InChI is InChI=1S/C17H26O5Si/c1-17(2,3)23(5,6)22-15(16(19)20-4)14(21-12-18)13-10-8-7-9-11-13/h7-12,14-15H,1-6H3/t14-,15+/m0/s1. The van der Waals surface area contributed by atoms with Crippen LogP contribution in [-0.2, 0) is 23.5 Å². The van der Waals surface area contributed by atoms with Crippen molar-refractivity contribution in [1.82, 2.24) is 0 Å². The Kier molecular flexibility index (Phi) is 6.53. The molecule has 0 heterocycles. The molecule has 1 rings (SSSR count). The highest BCUT2D eigenvalue weighted by Crippen LogP contribution is 2.39. The minimum Gasteiger partial charge on any atom is -0.467 e. The third-order valence-electron chi connectivity index (χ3n) is 4.27. The first-order valence-corrected chi connectivity index (χ1v) is 10.4. The van der Waals surface area contributed by atoms with Gasteiger partial charge < -0.3 is 13.9 Å². The molecule has 0 saturated heterocycles. The molecule has 6 heteroatoms. The predicted molar refractivity (Wildman–Crippen MR) is 90.4 cm³/mol. The molecule has 0 aromatic heterocycles. The number of esters is 1. The number of hydrogen-bond acceptors (Lipinski definition) is 5. The van der Waals surface area contributed by atoms with Crippen LogP contribution in [0.2, 0.25) is 18.1 Å². The molecule has 0 saturated carbocycles. The molecule has 0 amide bonds. The van der Waals surface area contributed by atoms with Crippen LogP contribution in [0.1, 0.15) is 32.4 Å². The first-order chi connectivity index (χ1) is 10.6. The molecule has 0 aliphatic carbocycles. The second-order valence-corrected chi connectivity index (χ2v) is 11.6. The zero-order chi connectivity index (χ0) is 17.7. The summed E-state index contributed by atoms with van der Waals surface area (Å²) in [5, 5.41) is -0.0955. The van der Waals surface area contributed by atoms with Gasteiger partial charge in [0.1, 0.15) is 0 Å². The van der Waals surface area contributed by atoms with Crippen molar-refractivity contribution in [3.8, 4) is 0 Å². The summed E-state index contributed by atoms with van der Waals surface area (Å²) >= 11 is 0. The van der Waals surface area contributed by atoms with Gasteiger partial charge in [-0.05, 0) is 23.7 Å². The molecule has 0 radical (unpaired) electrons. The van der Waals surface area contributed by atoms with Crippen molar-refractivity contribution < 1.29 is 23.5 Å². The molecule has 0 unspecified atom stereocenters. The van der Waals surface area contributed by atoms with Gasteiger partial charge in [-0.1, -0.05) is 51.1 Å². The highest BCUT2D eigenvalue weighted by Gasteiger charge is 2.44. The van der Waals surface area contributed by atoms with Crippen LogP contribution in [0, 0.1) is 0 Å². The number of hydrogen-bond donors (Lipinski definition) is 0. The van der Waals surface area contributed by atoms with Crippen molar-refractivity contribution >= 4 is 20.8 Å². The summed E-state index contributed by atoms with van der Waals surface area (Å²) in [4.78, 5) is 23.2. The second kappa shape index (κ2) is 7.74. The van der Waals surface area contributed by atoms with Gasteiger partial charge in [-0.15, -0.1) is 0 Å². The van der Waals surface area contributed by atoms with Crippen LogP contribution in [0.3, 0.4) is 0 Å². The van der Waals surface area contributed by atoms with Gasteiger partial charge >= 0.3 is 5.97 Å². The molecule has 0 bridgehead atoms. The van der Waals surface area contributed by atoms with E-state index in [1.54, 1.807) is 12.1 Å². The van der Waals surface area contributed by atoms with Crippen LogP contribution in [0.5, 0.6) is 0 Å². The lowest BCUT2D eigenvalue weighted by Gasteiger charge is -2.39. The summed E-state index contributed by atoms with van der Waals surface area (Å²) in [7, 11) is -0.970. The summed E-state index contributed by atoms with van der Waals surface area (Å²) in [6.45, 7) is 10.6. The number of rotatable bonds is 7. The number of methoxy groups -OCH3 is 1. The summed E-state index contributed by atoms with van der Waals surface area (Å²) < 4.78 is 16.3. The maximum absolute atomic E-state index is 12.3. The Morgan fingerprint density at radius 3 is 2.17 bits per heavy atom. The van der Waals surface area contributed by atoms with E-state index in [1.807, 2.05) is 31.3 Å². The van der Waals surface area contributed by atoms with Crippen molar-refractivity contribution in [2.45, 2.75) is 51.1 Å². The number of ether oxygens (including phenoxy) is 2. The molecule has 23 heavy (non-hydrogen) atoms. The van der Waals surface area contributed by atoms with Gasteiger partial charge in [0.2, 0.25) is 0 Å². The van der Waals surface area contributed by atoms with Crippen LogP contribution >= 0.6 is 0 Å². The lowest BCUT2D eigenvalue weighted by Crippen LogP contribution is -2.48. The molecule has 1 aromatic rings. The van der Waals surface area contributed by atoms with E-state index in [2.05, 4.69) is 20.8 Å². The quantitative estimate of drug-likeness (QED) is 0.433. The number of carbonyl (C=O) groups is 2. The van der Waals surface area contributed by atoms with E-state index in [4.69, 9.17) is 13.9 Å². The van der Waals surface area contributed by atoms with Crippen molar-refractivity contribution in [2.24, 2.45) is 0 Å². The molecule has 0 fully saturated rings. The minimum absolute atomic E-state index is 0.0955. The predicted octanol–water partition coefficient (Wildman–Crippen LogP) is 3.46. The fourth-order valence-electron chi connectivity index (χ4n) is 1.87. The Morgan fingerprint density at radius 2 is 1.74 bits per heavy atom. The third-order valence-corrected chi connectivity index (χ3v) is 8.72. The largest absolute Gasteiger partial charge is 0.467 e. The Morgan fingerprint density at radius 1 is 1.17 bits per heavy atom. The average molecular weight is 338 g/mol. The van der Waals surface area contributed by atoms with E-state index in [9.17, 15) is 9.59 Å². The van der Waals surface area contributed by atoms with Gasteiger partial charge in [0.15, 0.2) is 20.5 Å².